The standard InChI is InChI=1S/C13H19F3N2OS/c1-8(2)10-17-6-9(20-10)11(19)18(12(3,4)5)7-13(14,15)16/h6,8H,7H2,1-5H3. The number of amides is 1. The molecule has 0 aliphatic heterocycles. The number of carbonyl (C=O) groups excluding carboxylic acids is 1. The molecule has 7 heteroatoms. The number of aromatic nitrogens is 1. The first-order valence-corrected chi connectivity index (χ1v) is 7.08. The van der Waals surface area contributed by atoms with Crippen LogP contribution in [0.1, 0.15) is 55.2 Å². The van der Waals surface area contributed by atoms with Crippen LogP contribution in [0.15, 0.2) is 6.20 Å². The largest absolute Gasteiger partial charge is 0.406 e. The van der Waals surface area contributed by atoms with Crippen LogP contribution in [-0.4, -0.2) is 34.1 Å². The quantitative estimate of drug-likeness (QED) is 0.843. The summed E-state index contributed by atoms with van der Waals surface area (Å²) in [5.74, 6) is -0.480. The third-order valence-corrected chi connectivity index (χ3v) is 3.91. The van der Waals surface area contributed by atoms with Gasteiger partial charge in [-0.25, -0.2) is 4.98 Å². The molecule has 1 heterocycles. The Morgan fingerprint density at radius 3 is 2.25 bits per heavy atom. The van der Waals surface area contributed by atoms with Gasteiger partial charge in [0.1, 0.15) is 11.4 Å². The van der Waals surface area contributed by atoms with E-state index in [1.165, 1.54) is 6.20 Å². The molecule has 0 bridgehead atoms. The van der Waals surface area contributed by atoms with E-state index in [0.717, 1.165) is 21.2 Å². The summed E-state index contributed by atoms with van der Waals surface area (Å²) in [4.78, 5) is 17.5. The third-order valence-electron chi connectivity index (χ3n) is 2.62. The summed E-state index contributed by atoms with van der Waals surface area (Å²) in [7, 11) is 0. The van der Waals surface area contributed by atoms with Crippen molar-refractivity contribution in [2.45, 2.75) is 52.3 Å². The molecule has 0 aliphatic rings. The van der Waals surface area contributed by atoms with Crippen molar-refractivity contribution in [3.8, 4) is 0 Å². The predicted octanol–water partition coefficient (Wildman–Crippen LogP) is 4.07. The summed E-state index contributed by atoms with van der Waals surface area (Å²) in [6, 6.07) is 0. The molecule has 1 aromatic heterocycles. The van der Waals surface area contributed by atoms with Crippen LogP contribution < -0.4 is 0 Å². The van der Waals surface area contributed by atoms with Crippen molar-refractivity contribution in [2.24, 2.45) is 0 Å². The zero-order valence-electron chi connectivity index (χ0n) is 12.2. The van der Waals surface area contributed by atoms with Crippen LogP contribution in [0.3, 0.4) is 0 Å². The van der Waals surface area contributed by atoms with Gasteiger partial charge < -0.3 is 4.90 Å². The maximum atomic E-state index is 12.6. The highest BCUT2D eigenvalue weighted by atomic mass is 32.1. The highest BCUT2D eigenvalue weighted by Crippen LogP contribution is 2.28. The average Bonchev–Trinajstić information content (AvgIpc) is 2.71. The van der Waals surface area contributed by atoms with Crippen molar-refractivity contribution in [3.63, 3.8) is 0 Å². The van der Waals surface area contributed by atoms with E-state index in [0.29, 0.717) is 0 Å². The number of rotatable bonds is 3. The Balaban J connectivity index is 3.04. The molecule has 0 aliphatic carbocycles. The molecule has 0 fully saturated rings. The van der Waals surface area contributed by atoms with Crippen LogP contribution in [0.4, 0.5) is 13.2 Å². The Kier molecular flexibility index (Phi) is 4.84. The first-order chi connectivity index (χ1) is 8.92. The second-order valence-corrected chi connectivity index (χ2v) is 6.96. The minimum Gasteiger partial charge on any atom is -0.324 e. The predicted molar refractivity (Wildman–Crippen MR) is 73.0 cm³/mol. The molecule has 0 radical (unpaired) electrons. The minimum absolute atomic E-state index is 0.146. The molecule has 1 aromatic rings. The van der Waals surface area contributed by atoms with Crippen molar-refractivity contribution in [3.05, 3.63) is 16.1 Å². The lowest BCUT2D eigenvalue weighted by Gasteiger charge is -2.35. The molecule has 0 saturated carbocycles. The molecule has 0 atom stereocenters. The zero-order chi connectivity index (χ0) is 15.7. The molecular formula is C13H19F3N2OS. The molecule has 114 valence electrons. The SMILES string of the molecule is CC(C)c1ncc(C(=O)N(CC(F)(F)F)C(C)(C)C)s1. The number of hydrogen-bond donors (Lipinski definition) is 0. The van der Waals surface area contributed by atoms with Gasteiger partial charge in [0.2, 0.25) is 0 Å². The second kappa shape index (κ2) is 5.71. The van der Waals surface area contributed by atoms with E-state index in [1.807, 2.05) is 13.8 Å². The first-order valence-electron chi connectivity index (χ1n) is 6.26. The van der Waals surface area contributed by atoms with Gasteiger partial charge in [-0.1, -0.05) is 13.8 Å². The monoisotopic (exact) mass is 308 g/mol. The topological polar surface area (TPSA) is 33.2 Å². The summed E-state index contributed by atoms with van der Waals surface area (Å²) in [5, 5.41) is 0.745. The number of alkyl halides is 3. The van der Waals surface area contributed by atoms with Gasteiger partial charge in [-0.2, -0.15) is 13.2 Å². The Bertz CT molecular complexity index is 475. The van der Waals surface area contributed by atoms with Gasteiger partial charge >= 0.3 is 6.18 Å². The van der Waals surface area contributed by atoms with Crippen molar-refractivity contribution >= 4 is 17.2 Å². The van der Waals surface area contributed by atoms with Gasteiger partial charge in [0.05, 0.1) is 11.2 Å². The van der Waals surface area contributed by atoms with E-state index in [9.17, 15) is 18.0 Å². The normalized spacial score (nSPS) is 12.8. The number of carbonyl (C=O) groups is 1. The summed E-state index contributed by atoms with van der Waals surface area (Å²) in [6.07, 6.45) is -3.06. The van der Waals surface area contributed by atoms with Crippen molar-refractivity contribution < 1.29 is 18.0 Å². The van der Waals surface area contributed by atoms with E-state index in [1.54, 1.807) is 20.8 Å². The minimum atomic E-state index is -4.42. The van der Waals surface area contributed by atoms with E-state index in [-0.39, 0.29) is 10.8 Å². The maximum absolute atomic E-state index is 12.6. The van der Waals surface area contributed by atoms with E-state index in [4.69, 9.17) is 0 Å². The summed E-state index contributed by atoms with van der Waals surface area (Å²) in [5.41, 5.74) is -0.908. The van der Waals surface area contributed by atoms with Crippen molar-refractivity contribution in [1.29, 1.82) is 0 Å². The van der Waals surface area contributed by atoms with Crippen LogP contribution in [-0.2, 0) is 0 Å². The van der Waals surface area contributed by atoms with E-state index >= 15 is 0 Å². The zero-order valence-corrected chi connectivity index (χ0v) is 13.0. The molecule has 0 aromatic carbocycles. The molecule has 0 spiro atoms. The van der Waals surface area contributed by atoms with Crippen LogP contribution >= 0.6 is 11.3 Å². The van der Waals surface area contributed by atoms with Gasteiger partial charge in [0.25, 0.3) is 5.91 Å². The second-order valence-electron chi connectivity index (χ2n) is 5.89. The number of nitrogens with zero attached hydrogens (tertiary/aromatic N) is 2. The highest BCUT2D eigenvalue weighted by molar-refractivity contribution is 7.13. The van der Waals surface area contributed by atoms with Crippen molar-refractivity contribution in [1.82, 2.24) is 9.88 Å². The molecule has 1 rings (SSSR count). The molecule has 0 N–H and O–H groups in total. The Morgan fingerprint density at radius 1 is 1.35 bits per heavy atom. The van der Waals surface area contributed by atoms with Gasteiger partial charge in [-0.15, -0.1) is 11.3 Å². The van der Waals surface area contributed by atoms with E-state index in [2.05, 4.69) is 4.98 Å². The molecule has 20 heavy (non-hydrogen) atoms. The van der Waals surface area contributed by atoms with Crippen LogP contribution in [0.2, 0.25) is 0 Å². The van der Waals surface area contributed by atoms with Crippen LogP contribution in [0.25, 0.3) is 0 Å². The highest BCUT2D eigenvalue weighted by Gasteiger charge is 2.39. The average molecular weight is 308 g/mol. The molecule has 0 saturated heterocycles. The Morgan fingerprint density at radius 2 is 1.90 bits per heavy atom. The van der Waals surface area contributed by atoms with Gasteiger partial charge in [0, 0.05) is 11.5 Å². The fourth-order valence-corrected chi connectivity index (χ4v) is 2.45. The summed E-state index contributed by atoms with van der Waals surface area (Å²) < 4.78 is 37.9. The Hall–Kier alpha value is -1.11. The van der Waals surface area contributed by atoms with Crippen LogP contribution in [0, 0.1) is 0 Å². The molecule has 1 amide bonds. The van der Waals surface area contributed by atoms with Crippen molar-refractivity contribution in [2.75, 3.05) is 6.54 Å². The molecule has 3 nitrogen and oxygen atoms in total. The first kappa shape index (κ1) is 16.9. The lowest BCUT2D eigenvalue weighted by Crippen LogP contribution is -2.49. The number of thiazole rings is 1. The molecular weight excluding hydrogens is 289 g/mol. The summed E-state index contributed by atoms with van der Waals surface area (Å²) in [6.45, 7) is 7.34. The molecule has 0 unspecified atom stereocenters. The van der Waals surface area contributed by atoms with Crippen LogP contribution in [0.5, 0.6) is 0 Å². The van der Waals surface area contributed by atoms with E-state index < -0.39 is 24.2 Å². The number of hydrogen-bond acceptors (Lipinski definition) is 3. The fraction of sp³-hybridized carbons (Fsp3) is 0.692. The van der Waals surface area contributed by atoms with Gasteiger partial charge in [0.15, 0.2) is 0 Å². The lowest BCUT2D eigenvalue weighted by atomic mass is 10.1. The Labute approximate surface area is 120 Å². The summed E-state index contributed by atoms with van der Waals surface area (Å²) >= 11 is 1.15. The lowest BCUT2D eigenvalue weighted by molar-refractivity contribution is -0.148. The fourth-order valence-electron chi connectivity index (χ4n) is 1.58. The smallest absolute Gasteiger partial charge is 0.324 e. The van der Waals surface area contributed by atoms with Gasteiger partial charge in [-0.05, 0) is 20.8 Å². The number of halogens is 3. The van der Waals surface area contributed by atoms with Gasteiger partial charge in [-0.3, -0.25) is 4.79 Å². The third kappa shape index (κ3) is 4.47. The maximum Gasteiger partial charge on any atom is 0.406 e.